The molecule has 0 saturated carbocycles. The van der Waals surface area contributed by atoms with Gasteiger partial charge in [0, 0.05) is 5.33 Å². The van der Waals surface area contributed by atoms with Gasteiger partial charge in [-0.25, -0.2) is 0 Å². The third-order valence-electron chi connectivity index (χ3n) is 1.53. The van der Waals surface area contributed by atoms with Gasteiger partial charge in [0.05, 0.1) is 10.4 Å². The van der Waals surface area contributed by atoms with E-state index in [1.54, 1.807) is 0 Å². The Morgan fingerprint density at radius 3 is 2.22 bits per heavy atom. The topological polar surface area (TPSA) is 20.2 Å². The molecule has 2 unspecified atom stereocenters. The molecule has 0 radical (unpaired) electrons. The van der Waals surface area contributed by atoms with Gasteiger partial charge in [-0.3, -0.25) is 0 Å². The van der Waals surface area contributed by atoms with Gasteiger partial charge in [0.2, 0.25) is 0 Å². The molecule has 0 bridgehead atoms. The molecule has 0 aliphatic rings. The first-order valence-electron chi connectivity index (χ1n) is 2.97. The van der Waals surface area contributed by atoms with Crippen molar-refractivity contribution in [3.8, 4) is 0 Å². The van der Waals surface area contributed by atoms with Crippen molar-refractivity contribution in [1.29, 1.82) is 0 Å². The number of hydrogen-bond acceptors (Lipinski definition) is 1. The fraction of sp³-hybridized carbons (Fsp3) is 1.00. The fourth-order valence-electron chi connectivity index (χ4n) is 0.388. The molecular weight excluding hydrogens is 248 g/mol. The maximum atomic E-state index is 9.51. The van der Waals surface area contributed by atoms with Crippen molar-refractivity contribution in [2.45, 2.75) is 30.7 Å². The minimum Gasteiger partial charge on any atom is -0.389 e. The van der Waals surface area contributed by atoms with Crippen molar-refractivity contribution in [3.05, 3.63) is 0 Å². The van der Waals surface area contributed by atoms with Crippen LogP contribution in [0.4, 0.5) is 0 Å². The van der Waals surface area contributed by atoms with Crippen molar-refractivity contribution >= 4 is 31.9 Å². The van der Waals surface area contributed by atoms with Crippen molar-refractivity contribution < 1.29 is 5.11 Å². The molecule has 3 heteroatoms. The Morgan fingerprint density at radius 1 is 1.67 bits per heavy atom. The van der Waals surface area contributed by atoms with E-state index >= 15 is 0 Å². The van der Waals surface area contributed by atoms with Crippen molar-refractivity contribution in [1.82, 2.24) is 0 Å². The smallest absolute Gasteiger partial charge is 0.0749 e. The minimum absolute atomic E-state index is 0.148. The Bertz CT molecular complexity index is 83.1. The van der Waals surface area contributed by atoms with E-state index in [4.69, 9.17) is 0 Å². The molecule has 9 heavy (non-hydrogen) atoms. The van der Waals surface area contributed by atoms with Gasteiger partial charge in [-0.05, 0) is 13.3 Å². The lowest BCUT2D eigenvalue weighted by molar-refractivity contribution is 0.0612. The summed E-state index contributed by atoms with van der Waals surface area (Å²) in [6.45, 7) is 3.80. The molecule has 0 rings (SSSR count). The van der Waals surface area contributed by atoms with Gasteiger partial charge in [-0.15, -0.1) is 0 Å². The number of hydrogen-bond donors (Lipinski definition) is 1. The van der Waals surface area contributed by atoms with E-state index < -0.39 is 5.60 Å². The van der Waals surface area contributed by atoms with Gasteiger partial charge < -0.3 is 5.11 Å². The first kappa shape index (κ1) is 9.92. The number of halogens is 2. The Morgan fingerprint density at radius 2 is 2.11 bits per heavy atom. The molecule has 0 fully saturated rings. The van der Waals surface area contributed by atoms with E-state index in [-0.39, 0.29) is 4.83 Å². The average molecular weight is 260 g/mol. The van der Waals surface area contributed by atoms with Crippen molar-refractivity contribution in [2.75, 3.05) is 5.33 Å². The summed E-state index contributed by atoms with van der Waals surface area (Å²) in [5.74, 6) is 0. The number of alkyl halides is 2. The third kappa shape index (κ3) is 3.01. The van der Waals surface area contributed by atoms with Crippen molar-refractivity contribution in [2.24, 2.45) is 0 Å². The highest BCUT2D eigenvalue weighted by Gasteiger charge is 2.26. The minimum atomic E-state index is -0.580. The molecule has 0 aromatic rings. The second-order valence-electron chi connectivity index (χ2n) is 2.33. The lowest BCUT2D eigenvalue weighted by Gasteiger charge is -2.25. The lowest BCUT2D eigenvalue weighted by atomic mass is 10.0. The van der Waals surface area contributed by atoms with Crippen LogP contribution in [0.25, 0.3) is 0 Å². The van der Waals surface area contributed by atoms with Gasteiger partial charge in [0.1, 0.15) is 0 Å². The van der Waals surface area contributed by atoms with Gasteiger partial charge in [0.15, 0.2) is 0 Å². The standard InChI is InChI=1S/C6H12Br2O/c1-3-6(2,9)5(8)4-7/h5,9H,3-4H2,1-2H3. The predicted octanol–water partition coefficient (Wildman–Crippen LogP) is 2.31. The maximum Gasteiger partial charge on any atom is 0.0749 e. The van der Waals surface area contributed by atoms with Crippen LogP contribution in [0, 0.1) is 0 Å². The number of aliphatic hydroxyl groups is 1. The molecule has 0 amide bonds. The van der Waals surface area contributed by atoms with Crippen LogP contribution in [0.15, 0.2) is 0 Å². The summed E-state index contributed by atoms with van der Waals surface area (Å²) < 4.78 is 0. The summed E-state index contributed by atoms with van der Waals surface area (Å²) >= 11 is 6.65. The third-order valence-corrected chi connectivity index (χ3v) is 4.35. The SMILES string of the molecule is CCC(C)(O)C(Br)CBr. The molecule has 0 heterocycles. The Kier molecular flexibility index (Phi) is 4.34. The second kappa shape index (κ2) is 3.94. The maximum absolute atomic E-state index is 9.51. The predicted molar refractivity (Wildman–Crippen MR) is 47.4 cm³/mol. The first-order valence-corrected chi connectivity index (χ1v) is 5.00. The second-order valence-corrected chi connectivity index (χ2v) is 4.09. The zero-order valence-corrected chi connectivity index (χ0v) is 8.87. The summed E-state index contributed by atoms with van der Waals surface area (Å²) in [6.07, 6.45) is 0.772. The van der Waals surface area contributed by atoms with Gasteiger partial charge in [-0.1, -0.05) is 38.8 Å². The van der Waals surface area contributed by atoms with Crippen LogP contribution in [0.2, 0.25) is 0 Å². The van der Waals surface area contributed by atoms with E-state index in [2.05, 4.69) is 31.9 Å². The van der Waals surface area contributed by atoms with Crippen LogP contribution < -0.4 is 0 Å². The molecular formula is C6H12Br2O. The summed E-state index contributed by atoms with van der Waals surface area (Å²) in [5.41, 5.74) is -0.580. The lowest BCUT2D eigenvalue weighted by Crippen LogP contribution is -2.35. The van der Waals surface area contributed by atoms with Crippen LogP contribution in [-0.4, -0.2) is 20.9 Å². The van der Waals surface area contributed by atoms with Crippen LogP contribution >= 0.6 is 31.9 Å². The van der Waals surface area contributed by atoms with E-state index in [9.17, 15) is 5.11 Å². The first-order chi connectivity index (χ1) is 4.04. The molecule has 56 valence electrons. The fourth-order valence-corrected chi connectivity index (χ4v) is 1.41. The summed E-state index contributed by atoms with van der Waals surface area (Å²) in [4.78, 5) is 0.148. The Balaban J connectivity index is 3.80. The summed E-state index contributed by atoms with van der Waals surface area (Å²) in [7, 11) is 0. The monoisotopic (exact) mass is 258 g/mol. The molecule has 0 spiro atoms. The normalized spacial score (nSPS) is 21.0. The molecule has 1 nitrogen and oxygen atoms in total. The van der Waals surface area contributed by atoms with Crippen molar-refractivity contribution in [3.63, 3.8) is 0 Å². The molecule has 1 N–H and O–H groups in total. The highest BCUT2D eigenvalue weighted by Crippen LogP contribution is 2.22. The van der Waals surface area contributed by atoms with Crippen LogP contribution in [-0.2, 0) is 0 Å². The summed E-state index contributed by atoms with van der Waals surface area (Å²) in [5, 5.41) is 10.3. The molecule has 0 aromatic heterocycles. The van der Waals surface area contributed by atoms with Crippen LogP contribution in [0.5, 0.6) is 0 Å². The summed E-state index contributed by atoms with van der Waals surface area (Å²) in [6, 6.07) is 0. The Hall–Kier alpha value is 0.920. The van der Waals surface area contributed by atoms with Crippen LogP contribution in [0.3, 0.4) is 0 Å². The van der Waals surface area contributed by atoms with E-state index in [1.165, 1.54) is 0 Å². The van der Waals surface area contributed by atoms with E-state index in [0.29, 0.717) is 0 Å². The van der Waals surface area contributed by atoms with E-state index in [1.807, 2.05) is 13.8 Å². The largest absolute Gasteiger partial charge is 0.389 e. The average Bonchev–Trinajstić information content (AvgIpc) is 1.86. The molecule has 0 aliphatic carbocycles. The quantitative estimate of drug-likeness (QED) is 0.772. The zero-order chi connectivity index (χ0) is 7.49. The molecule has 0 saturated heterocycles. The number of rotatable bonds is 3. The molecule has 0 aliphatic heterocycles. The van der Waals surface area contributed by atoms with Gasteiger partial charge in [0.25, 0.3) is 0 Å². The molecule has 0 aromatic carbocycles. The highest BCUT2D eigenvalue weighted by atomic mass is 79.9. The highest BCUT2D eigenvalue weighted by molar-refractivity contribution is 9.12. The zero-order valence-electron chi connectivity index (χ0n) is 5.69. The Labute approximate surface area is 73.1 Å². The molecule has 2 atom stereocenters. The van der Waals surface area contributed by atoms with Crippen LogP contribution in [0.1, 0.15) is 20.3 Å². The van der Waals surface area contributed by atoms with E-state index in [0.717, 1.165) is 11.8 Å². The van der Waals surface area contributed by atoms with Gasteiger partial charge in [-0.2, -0.15) is 0 Å². The van der Waals surface area contributed by atoms with Gasteiger partial charge >= 0.3 is 0 Å².